The van der Waals surface area contributed by atoms with Crippen LogP contribution in [-0.2, 0) is 41.9 Å². The second kappa shape index (κ2) is 13.7. The predicted octanol–water partition coefficient (Wildman–Crippen LogP) is 7.39. The van der Waals surface area contributed by atoms with Crippen LogP contribution in [0.4, 0.5) is 0 Å². The molecule has 3 aliphatic heterocycles. The van der Waals surface area contributed by atoms with Crippen molar-refractivity contribution in [2.45, 2.75) is 37.8 Å². The maximum absolute atomic E-state index is 13.3. The smallest absolute Gasteiger partial charge is 0.495 e. The van der Waals surface area contributed by atoms with Gasteiger partial charge in [-0.15, -0.1) is 0 Å². The van der Waals surface area contributed by atoms with Crippen molar-refractivity contribution >= 4 is 75.8 Å². The van der Waals surface area contributed by atoms with E-state index in [4.69, 9.17) is 69.9 Å². The van der Waals surface area contributed by atoms with Crippen LogP contribution >= 0.6 is 69.9 Å². The first-order chi connectivity index (χ1) is 23.7. The van der Waals surface area contributed by atoms with Gasteiger partial charge in [0.05, 0.1) is 46.6 Å². The van der Waals surface area contributed by atoms with Gasteiger partial charge in [0.2, 0.25) is 0 Å². The Balaban J connectivity index is 1.30. The molecule has 276 valence electrons. The summed E-state index contributed by atoms with van der Waals surface area (Å²) in [6, 6.07) is 7.73. The number of hydrogen-bond donors (Lipinski definition) is 4. The topological polar surface area (TPSA) is 223 Å². The van der Waals surface area contributed by atoms with Crippen LogP contribution in [-0.4, -0.2) is 57.8 Å². The molecule has 0 radical (unpaired) electrons. The van der Waals surface area contributed by atoms with Crippen LogP contribution < -0.4 is 14.0 Å². The number of halogens is 4. The molecule has 0 bridgehead atoms. The Morgan fingerprint density at radius 1 is 0.824 bits per heavy atom. The Morgan fingerprint density at radius 3 is 1.98 bits per heavy atom. The van der Waals surface area contributed by atoms with Crippen molar-refractivity contribution in [3.8, 4) is 23.0 Å². The van der Waals surface area contributed by atoms with Crippen molar-refractivity contribution in [3.05, 3.63) is 78.7 Å². The zero-order valence-electron chi connectivity index (χ0n) is 26.0. The van der Waals surface area contributed by atoms with Gasteiger partial charge >= 0.3 is 29.4 Å². The highest BCUT2D eigenvalue weighted by atomic mass is 35.5. The van der Waals surface area contributed by atoms with Gasteiger partial charge in [0.25, 0.3) is 0 Å². The molecule has 1 spiro atoms. The van der Waals surface area contributed by atoms with Gasteiger partial charge in [0.1, 0.15) is 23.4 Å². The van der Waals surface area contributed by atoms with Crippen LogP contribution in [0, 0.1) is 5.92 Å². The number of methoxy groups -OCH3 is 1. The van der Waals surface area contributed by atoms with Crippen LogP contribution in [0.1, 0.15) is 40.9 Å². The lowest BCUT2D eigenvalue weighted by atomic mass is 9.77. The van der Waals surface area contributed by atoms with E-state index in [1.165, 1.54) is 31.4 Å². The lowest BCUT2D eigenvalue weighted by Crippen LogP contribution is -2.33. The van der Waals surface area contributed by atoms with Crippen LogP contribution in [0.5, 0.6) is 23.0 Å². The van der Waals surface area contributed by atoms with Gasteiger partial charge in [-0.1, -0.05) is 53.3 Å². The summed E-state index contributed by atoms with van der Waals surface area (Å²) < 4.78 is 78.7. The van der Waals surface area contributed by atoms with E-state index < -0.39 is 70.7 Å². The summed E-state index contributed by atoms with van der Waals surface area (Å²) >= 11 is 26.0. The van der Waals surface area contributed by atoms with Gasteiger partial charge in [-0.2, -0.15) is 8.62 Å². The summed E-state index contributed by atoms with van der Waals surface area (Å²) in [5.41, 5.74) is -1.68. The fraction of sp³-hybridized carbons (Fsp3) is 0.321. The number of carbonyl (C=O) groups excluding carboxylic acids is 1. The van der Waals surface area contributed by atoms with E-state index in [0.717, 1.165) is 12.1 Å². The Hall–Kier alpha value is -1.94. The summed E-state index contributed by atoms with van der Waals surface area (Å²) in [4.78, 5) is 43.8. The SMILES string of the molecule is COc1cc2c(cc1Cl)C1(OC(=O)c3c(Cl)ccc(Cl)c31)c1cc(Cl)c(OP(=O)(O)OP(=O)(O)OP(=O)(O)OC[C@H]3O[C@@H](C)C(C)C3O)cc1O2. The number of hydrogen-bond acceptors (Lipinski definition) is 13. The molecule has 0 aliphatic carbocycles. The van der Waals surface area contributed by atoms with E-state index in [2.05, 4.69) is 13.1 Å². The molecule has 51 heavy (non-hydrogen) atoms. The Labute approximate surface area is 308 Å². The van der Waals surface area contributed by atoms with Gasteiger partial charge in [0, 0.05) is 39.8 Å². The molecule has 6 rings (SSSR count). The third kappa shape index (κ3) is 7.19. The highest BCUT2D eigenvalue weighted by Crippen LogP contribution is 2.68. The zero-order chi connectivity index (χ0) is 37.4. The van der Waals surface area contributed by atoms with Gasteiger partial charge in [0.15, 0.2) is 11.4 Å². The highest BCUT2D eigenvalue weighted by molar-refractivity contribution is 7.67. The zero-order valence-corrected chi connectivity index (χ0v) is 31.7. The Morgan fingerprint density at radius 2 is 1.39 bits per heavy atom. The maximum atomic E-state index is 13.3. The highest BCUT2D eigenvalue weighted by Gasteiger charge is 2.56. The summed E-state index contributed by atoms with van der Waals surface area (Å²) in [5, 5.41) is 9.87. The second-order valence-corrected chi connectivity index (χ2v) is 17.6. The molecule has 0 amide bonds. The van der Waals surface area contributed by atoms with Crippen molar-refractivity contribution in [1.82, 2.24) is 0 Å². The first-order valence-corrected chi connectivity index (χ1v) is 20.4. The molecule has 3 heterocycles. The molecule has 3 aliphatic rings. The van der Waals surface area contributed by atoms with Gasteiger partial charge in [-0.05, 0) is 31.2 Å². The summed E-state index contributed by atoms with van der Waals surface area (Å²) in [6.45, 7) is 2.57. The maximum Gasteiger partial charge on any atom is 0.536 e. The number of carbonyl (C=O) groups is 1. The van der Waals surface area contributed by atoms with Gasteiger partial charge < -0.3 is 38.4 Å². The number of rotatable bonds is 10. The molecule has 23 heteroatoms. The van der Waals surface area contributed by atoms with E-state index in [9.17, 15) is 38.3 Å². The minimum Gasteiger partial charge on any atom is -0.495 e. The second-order valence-electron chi connectivity index (χ2n) is 11.4. The number of ether oxygens (including phenoxy) is 4. The number of phosphoric ester groups is 2. The van der Waals surface area contributed by atoms with Crippen molar-refractivity contribution < 1.29 is 74.9 Å². The average molecular weight is 852 g/mol. The van der Waals surface area contributed by atoms with Crippen LogP contribution in [0.15, 0.2) is 36.4 Å². The monoisotopic (exact) mass is 850 g/mol. The third-order valence-corrected chi connectivity index (χ3v) is 13.7. The largest absolute Gasteiger partial charge is 0.536 e. The molecule has 0 saturated carbocycles. The van der Waals surface area contributed by atoms with Crippen molar-refractivity contribution in [2.24, 2.45) is 5.92 Å². The van der Waals surface area contributed by atoms with Gasteiger partial charge in [-0.3, -0.25) is 9.42 Å². The van der Waals surface area contributed by atoms with Crippen LogP contribution in [0.3, 0.4) is 0 Å². The van der Waals surface area contributed by atoms with Crippen LogP contribution in [0.2, 0.25) is 20.1 Å². The molecule has 3 aromatic rings. The standard InChI is InChI=1S/C28H25Cl4O16P3/c1-11-12(2)43-23(26(11)33)10-42-49(35,36)47-51(39,40)48-50(37,38)46-22-9-20-14(7-18(22)32)28(13-6-17(31)21(41-3)8-19(13)44-20)25-16(30)5-4-15(29)24(25)27(34)45-28/h4-9,11-12,23,26,33H,10H2,1-3H3,(H,35,36)(H,37,38)(H,39,40)/t11?,12-,23+,26?,28?/m0/s1. The molecule has 6 unspecified atom stereocenters. The molecule has 1 fully saturated rings. The number of esters is 1. The summed E-state index contributed by atoms with van der Waals surface area (Å²) in [5.74, 6) is -1.93. The average Bonchev–Trinajstić information content (AvgIpc) is 3.46. The number of benzene rings is 3. The number of aliphatic hydroxyl groups is 1. The van der Waals surface area contributed by atoms with E-state index in [1.54, 1.807) is 13.8 Å². The molecule has 0 aromatic heterocycles. The summed E-state index contributed by atoms with van der Waals surface area (Å²) in [7, 11) is -15.8. The Kier molecular flexibility index (Phi) is 10.4. The lowest BCUT2D eigenvalue weighted by molar-refractivity contribution is -0.0167. The summed E-state index contributed by atoms with van der Waals surface area (Å²) in [6.07, 6.45) is -2.61. The minimum absolute atomic E-state index is 0.0111. The number of aliphatic hydroxyl groups excluding tert-OH is 1. The van der Waals surface area contributed by atoms with E-state index in [0.29, 0.717) is 0 Å². The van der Waals surface area contributed by atoms with Crippen LogP contribution in [0.25, 0.3) is 0 Å². The molecular formula is C28H25Cl4O16P3. The molecule has 1 saturated heterocycles. The van der Waals surface area contributed by atoms with E-state index >= 15 is 0 Å². The quantitative estimate of drug-likeness (QED) is 0.115. The Bertz CT molecular complexity index is 2100. The first kappa shape index (κ1) is 38.8. The third-order valence-electron chi connectivity index (χ3n) is 8.25. The fourth-order valence-electron chi connectivity index (χ4n) is 5.84. The number of fused-ring (bicyclic) bond motifs is 6. The van der Waals surface area contributed by atoms with Crippen molar-refractivity contribution in [2.75, 3.05) is 13.7 Å². The van der Waals surface area contributed by atoms with Crippen molar-refractivity contribution in [3.63, 3.8) is 0 Å². The lowest BCUT2D eigenvalue weighted by Gasteiger charge is -2.37. The van der Waals surface area contributed by atoms with Crippen molar-refractivity contribution in [1.29, 1.82) is 0 Å². The minimum atomic E-state index is -5.91. The molecule has 16 nitrogen and oxygen atoms in total. The van der Waals surface area contributed by atoms with Gasteiger partial charge in [-0.25, -0.2) is 18.5 Å². The fourth-order valence-corrected chi connectivity index (χ4v) is 10.4. The molecular weight excluding hydrogens is 827 g/mol. The molecule has 3 aromatic carbocycles. The van der Waals surface area contributed by atoms with E-state index in [-0.39, 0.29) is 60.5 Å². The predicted molar refractivity (Wildman–Crippen MR) is 179 cm³/mol. The molecule has 4 N–H and O–H groups in total. The number of phosphoric acid groups is 3. The first-order valence-electron chi connectivity index (χ1n) is 14.4. The normalized spacial score (nSPS) is 26.9. The molecule has 8 atom stereocenters. The van der Waals surface area contributed by atoms with E-state index in [1.807, 2.05) is 0 Å².